The molecule has 0 aromatic carbocycles. The van der Waals surface area contributed by atoms with Gasteiger partial charge < -0.3 is 10.1 Å². The Hall–Kier alpha value is -1.09. The average Bonchev–Trinajstić information content (AvgIpc) is 3.23. The van der Waals surface area contributed by atoms with Crippen molar-refractivity contribution in [1.29, 1.82) is 0 Å². The third-order valence-corrected chi connectivity index (χ3v) is 3.72. The van der Waals surface area contributed by atoms with E-state index in [2.05, 4.69) is 16.4 Å². The Morgan fingerprint density at radius 1 is 1.33 bits per heavy atom. The van der Waals surface area contributed by atoms with Crippen LogP contribution in [0.25, 0.3) is 0 Å². The Bertz CT molecular complexity index is 411. The van der Waals surface area contributed by atoms with Crippen LogP contribution in [0.15, 0.2) is 12.3 Å². The zero-order chi connectivity index (χ0) is 12.4. The smallest absolute Gasteiger partial charge is 0.127 e. The summed E-state index contributed by atoms with van der Waals surface area (Å²) in [5.74, 6) is 1.96. The molecule has 1 N–H and O–H groups in total. The summed E-state index contributed by atoms with van der Waals surface area (Å²) in [6, 6.07) is 2.79. The lowest BCUT2D eigenvalue weighted by Crippen LogP contribution is -2.16. The second kappa shape index (κ2) is 5.27. The lowest BCUT2D eigenvalue weighted by Gasteiger charge is -2.12. The molecule has 0 radical (unpaired) electrons. The molecule has 0 spiro atoms. The van der Waals surface area contributed by atoms with Crippen molar-refractivity contribution in [3.8, 4) is 5.75 Å². The highest BCUT2D eigenvalue weighted by atomic mass is 16.5. The van der Waals surface area contributed by atoms with Crippen LogP contribution in [0, 0.1) is 12.8 Å². The SMILES string of the molecule is Cc1cc(OCCC2CC2)c(CNC2CC2)cn1. The number of nitrogens with zero attached hydrogens (tertiary/aromatic N) is 1. The molecule has 2 aliphatic carbocycles. The molecule has 0 unspecified atom stereocenters. The number of hydrogen-bond donors (Lipinski definition) is 1. The summed E-state index contributed by atoms with van der Waals surface area (Å²) < 4.78 is 5.94. The van der Waals surface area contributed by atoms with Gasteiger partial charge in [-0.1, -0.05) is 12.8 Å². The number of aromatic nitrogens is 1. The van der Waals surface area contributed by atoms with Gasteiger partial charge in [0.1, 0.15) is 5.75 Å². The van der Waals surface area contributed by atoms with Gasteiger partial charge in [0.25, 0.3) is 0 Å². The molecule has 2 saturated carbocycles. The summed E-state index contributed by atoms with van der Waals surface area (Å²) in [6.07, 6.45) is 8.59. The van der Waals surface area contributed by atoms with Crippen LogP contribution in [0.3, 0.4) is 0 Å². The molecule has 3 rings (SSSR count). The van der Waals surface area contributed by atoms with E-state index in [4.69, 9.17) is 4.74 Å². The van der Waals surface area contributed by atoms with Crippen molar-refractivity contribution in [3.63, 3.8) is 0 Å². The molecule has 3 heteroatoms. The first-order chi connectivity index (χ1) is 8.81. The second-order valence-electron chi connectivity index (χ2n) is 5.67. The number of ether oxygens (including phenoxy) is 1. The van der Waals surface area contributed by atoms with Gasteiger partial charge in [-0.05, 0) is 32.1 Å². The van der Waals surface area contributed by atoms with E-state index in [0.29, 0.717) is 0 Å². The minimum absolute atomic E-state index is 0.727. The summed E-state index contributed by atoms with van der Waals surface area (Å²) in [4.78, 5) is 4.37. The van der Waals surface area contributed by atoms with Crippen LogP contribution in [0.5, 0.6) is 5.75 Å². The van der Waals surface area contributed by atoms with E-state index in [1.807, 2.05) is 13.1 Å². The van der Waals surface area contributed by atoms with Crippen molar-refractivity contribution in [1.82, 2.24) is 10.3 Å². The van der Waals surface area contributed by atoms with E-state index in [9.17, 15) is 0 Å². The first-order valence-electron chi connectivity index (χ1n) is 7.13. The quantitative estimate of drug-likeness (QED) is 0.803. The van der Waals surface area contributed by atoms with Crippen molar-refractivity contribution in [2.24, 2.45) is 5.92 Å². The molecule has 1 aromatic rings. The molecular formula is C15H22N2O. The van der Waals surface area contributed by atoms with E-state index in [1.54, 1.807) is 0 Å². The lowest BCUT2D eigenvalue weighted by atomic mass is 10.2. The Labute approximate surface area is 109 Å². The minimum Gasteiger partial charge on any atom is -0.493 e. The molecule has 2 aliphatic rings. The standard InChI is InChI=1S/C15H22N2O/c1-11-8-15(18-7-6-12-2-3-12)13(9-16-11)10-17-14-4-5-14/h8-9,12,14,17H,2-7,10H2,1H3. The van der Waals surface area contributed by atoms with Crippen LogP contribution < -0.4 is 10.1 Å². The van der Waals surface area contributed by atoms with Crippen LogP contribution in [-0.2, 0) is 6.54 Å². The Morgan fingerprint density at radius 3 is 2.89 bits per heavy atom. The third kappa shape index (κ3) is 3.45. The number of rotatable bonds is 7. The monoisotopic (exact) mass is 246 g/mol. The van der Waals surface area contributed by atoms with Crippen LogP contribution in [0.2, 0.25) is 0 Å². The summed E-state index contributed by atoms with van der Waals surface area (Å²) >= 11 is 0. The van der Waals surface area contributed by atoms with Gasteiger partial charge in [-0.2, -0.15) is 0 Å². The maximum absolute atomic E-state index is 5.94. The van der Waals surface area contributed by atoms with E-state index in [-0.39, 0.29) is 0 Å². The molecule has 98 valence electrons. The third-order valence-electron chi connectivity index (χ3n) is 3.72. The number of hydrogen-bond acceptors (Lipinski definition) is 3. The van der Waals surface area contributed by atoms with E-state index in [1.165, 1.54) is 37.7 Å². The Kier molecular flexibility index (Phi) is 3.50. The normalized spacial score (nSPS) is 18.9. The topological polar surface area (TPSA) is 34.1 Å². The highest BCUT2D eigenvalue weighted by molar-refractivity contribution is 5.33. The van der Waals surface area contributed by atoms with Gasteiger partial charge in [0.15, 0.2) is 0 Å². The van der Waals surface area contributed by atoms with Crippen molar-refractivity contribution in [2.45, 2.75) is 51.6 Å². The summed E-state index contributed by atoms with van der Waals surface area (Å²) in [5.41, 5.74) is 2.23. The van der Waals surface area contributed by atoms with Crippen LogP contribution in [-0.4, -0.2) is 17.6 Å². The Balaban J connectivity index is 1.57. The zero-order valence-corrected chi connectivity index (χ0v) is 11.1. The first-order valence-corrected chi connectivity index (χ1v) is 7.13. The fraction of sp³-hybridized carbons (Fsp3) is 0.667. The number of aryl methyl sites for hydroxylation is 1. The molecule has 0 atom stereocenters. The van der Waals surface area contributed by atoms with Crippen LogP contribution >= 0.6 is 0 Å². The molecule has 1 aromatic heterocycles. The fourth-order valence-corrected chi connectivity index (χ4v) is 2.11. The largest absolute Gasteiger partial charge is 0.493 e. The molecule has 1 heterocycles. The highest BCUT2D eigenvalue weighted by Crippen LogP contribution is 2.32. The summed E-state index contributed by atoms with van der Waals surface area (Å²) in [5, 5.41) is 3.52. The van der Waals surface area contributed by atoms with Crippen LogP contribution in [0.1, 0.15) is 43.4 Å². The van der Waals surface area contributed by atoms with E-state index < -0.39 is 0 Å². The molecule has 18 heavy (non-hydrogen) atoms. The molecule has 3 nitrogen and oxygen atoms in total. The van der Waals surface area contributed by atoms with Gasteiger partial charge >= 0.3 is 0 Å². The molecule has 2 fully saturated rings. The summed E-state index contributed by atoms with van der Waals surface area (Å²) in [6.45, 7) is 3.76. The molecule has 0 saturated heterocycles. The highest BCUT2D eigenvalue weighted by Gasteiger charge is 2.22. The Morgan fingerprint density at radius 2 is 2.17 bits per heavy atom. The molecule has 0 bridgehead atoms. The second-order valence-corrected chi connectivity index (χ2v) is 5.67. The van der Waals surface area contributed by atoms with Gasteiger partial charge in [0.2, 0.25) is 0 Å². The number of pyridine rings is 1. The fourth-order valence-electron chi connectivity index (χ4n) is 2.11. The number of nitrogens with one attached hydrogen (secondary N) is 1. The first kappa shape index (κ1) is 12.0. The van der Waals surface area contributed by atoms with Gasteiger partial charge in [-0.15, -0.1) is 0 Å². The van der Waals surface area contributed by atoms with Gasteiger partial charge in [-0.25, -0.2) is 0 Å². The van der Waals surface area contributed by atoms with Crippen molar-refractivity contribution >= 4 is 0 Å². The summed E-state index contributed by atoms with van der Waals surface area (Å²) in [7, 11) is 0. The van der Waals surface area contributed by atoms with Gasteiger partial charge in [0, 0.05) is 36.1 Å². The van der Waals surface area contributed by atoms with Gasteiger partial charge in [0.05, 0.1) is 6.61 Å². The van der Waals surface area contributed by atoms with Crippen molar-refractivity contribution in [3.05, 3.63) is 23.5 Å². The maximum atomic E-state index is 5.94. The van der Waals surface area contributed by atoms with E-state index >= 15 is 0 Å². The van der Waals surface area contributed by atoms with Crippen molar-refractivity contribution < 1.29 is 4.74 Å². The minimum atomic E-state index is 0.727. The van der Waals surface area contributed by atoms with Gasteiger partial charge in [-0.3, -0.25) is 4.98 Å². The predicted octanol–water partition coefficient (Wildman–Crippen LogP) is 2.82. The molecule has 0 aliphatic heterocycles. The average molecular weight is 246 g/mol. The van der Waals surface area contributed by atoms with Crippen molar-refractivity contribution in [2.75, 3.05) is 6.61 Å². The lowest BCUT2D eigenvalue weighted by molar-refractivity contribution is 0.298. The molecule has 0 amide bonds. The molecular weight excluding hydrogens is 224 g/mol. The van der Waals surface area contributed by atoms with E-state index in [0.717, 1.165) is 36.6 Å². The maximum Gasteiger partial charge on any atom is 0.127 e. The van der Waals surface area contributed by atoms with Crippen LogP contribution in [0.4, 0.5) is 0 Å². The zero-order valence-electron chi connectivity index (χ0n) is 11.1. The predicted molar refractivity (Wildman–Crippen MR) is 71.7 cm³/mol.